The molecular formula is C26H29N5O5S. The van der Waals surface area contributed by atoms with Crippen molar-refractivity contribution in [3.8, 4) is 0 Å². The Morgan fingerprint density at radius 1 is 1.05 bits per heavy atom. The number of hydrogen-bond acceptors (Lipinski definition) is 8. The van der Waals surface area contributed by atoms with Crippen molar-refractivity contribution < 1.29 is 22.6 Å². The quantitative estimate of drug-likeness (QED) is 0.409. The Kier molecular flexibility index (Phi) is 5.73. The summed E-state index contributed by atoms with van der Waals surface area (Å²) < 4.78 is 49.5. The molecule has 4 atom stereocenters. The fraction of sp³-hybridized carbons (Fsp3) is 0.385. The van der Waals surface area contributed by atoms with Crippen molar-refractivity contribution >= 4 is 32.1 Å². The van der Waals surface area contributed by atoms with Crippen LogP contribution >= 0.6 is 0 Å². The highest BCUT2D eigenvalue weighted by Crippen LogP contribution is 2.46. The average Bonchev–Trinajstić information content (AvgIpc) is 3.53. The predicted molar refractivity (Wildman–Crippen MR) is 137 cm³/mol. The van der Waals surface area contributed by atoms with Crippen molar-refractivity contribution in [1.82, 2.24) is 18.9 Å². The largest absolute Gasteiger partial charge is 0.382 e. The lowest BCUT2D eigenvalue weighted by Gasteiger charge is -2.28. The summed E-state index contributed by atoms with van der Waals surface area (Å²) in [5.41, 5.74) is 7.42. The monoisotopic (exact) mass is 523 g/mol. The number of aromatic nitrogens is 3. The molecule has 0 unspecified atom stereocenters. The third kappa shape index (κ3) is 4.07. The standard InChI is InChI=1S/C26H29N5O5S/c1-4-30(37(32,33)18-10-9-16-7-5-6-8-17(16)13-18)14-21-23-24(36-26(2,3)35-23)22(34-21)19-11-12-20-25(27)28-15-29-31(19)20/h5-13,15,21-24H,4,14H2,1-3H3,(H2,27,28,29)/t21-,22+,23-,24+/m1/s1. The van der Waals surface area contributed by atoms with E-state index in [0.29, 0.717) is 11.3 Å². The molecule has 0 saturated carbocycles. The zero-order valence-electron chi connectivity index (χ0n) is 20.8. The maximum atomic E-state index is 13.7. The van der Waals surface area contributed by atoms with E-state index in [1.54, 1.807) is 16.6 Å². The predicted octanol–water partition coefficient (Wildman–Crippen LogP) is 3.14. The number of fused-ring (bicyclic) bond motifs is 3. The molecule has 2 aromatic heterocycles. The van der Waals surface area contributed by atoms with Crippen molar-refractivity contribution in [2.24, 2.45) is 0 Å². The van der Waals surface area contributed by atoms with Crippen LogP contribution in [0.5, 0.6) is 0 Å². The summed E-state index contributed by atoms with van der Waals surface area (Å²) in [6.07, 6.45) is -0.616. The van der Waals surface area contributed by atoms with Gasteiger partial charge in [-0.15, -0.1) is 0 Å². The van der Waals surface area contributed by atoms with E-state index < -0.39 is 40.2 Å². The number of anilines is 1. The van der Waals surface area contributed by atoms with Crippen LogP contribution in [0.4, 0.5) is 5.82 Å². The van der Waals surface area contributed by atoms with E-state index >= 15 is 0 Å². The van der Waals surface area contributed by atoms with E-state index in [9.17, 15) is 8.42 Å². The number of nitrogen functional groups attached to an aromatic ring is 1. The second-order valence-electron chi connectivity index (χ2n) is 9.83. The molecule has 2 fully saturated rings. The number of sulfonamides is 1. The Balaban J connectivity index is 1.32. The normalized spacial score (nSPS) is 25.3. The number of rotatable bonds is 6. The number of hydrogen-bond donors (Lipinski definition) is 1. The van der Waals surface area contributed by atoms with Crippen LogP contribution in [0.2, 0.25) is 0 Å². The van der Waals surface area contributed by atoms with Crippen LogP contribution in [0, 0.1) is 0 Å². The van der Waals surface area contributed by atoms with Gasteiger partial charge < -0.3 is 19.9 Å². The van der Waals surface area contributed by atoms with Gasteiger partial charge in [-0.3, -0.25) is 0 Å². The molecule has 2 aliphatic heterocycles. The fourth-order valence-corrected chi connectivity index (χ4v) is 6.83. The van der Waals surface area contributed by atoms with Crippen molar-refractivity contribution in [3.63, 3.8) is 0 Å². The van der Waals surface area contributed by atoms with Gasteiger partial charge in [-0.2, -0.15) is 9.40 Å². The zero-order chi connectivity index (χ0) is 25.9. The lowest BCUT2D eigenvalue weighted by atomic mass is 10.1. The molecule has 194 valence electrons. The maximum Gasteiger partial charge on any atom is 0.243 e. The number of benzene rings is 2. The van der Waals surface area contributed by atoms with E-state index in [-0.39, 0.29) is 18.0 Å². The van der Waals surface area contributed by atoms with Crippen LogP contribution in [-0.4, -0.2) is 64.5 Å². The van der Waals surface area contributed by atoms with Crippen molar-refractivity contribution in [2.75, 3.05) is 18.8 Å². The van der Waals surface area contributed by atoms with Gasteiger partial charge in [0, 0.05) is 13.1 Å². The van der Waals surface area contributed by atoms with Gasteiger partial charge in [-0.1, -0.05) is 37.3 Å². The summed E-state index contributed by atoms with van der Waals surface area (Å²) in [5.74, 6) is -0.486. The topological polar surface area (TPSA) is 121 Å². The van der Waals surface area contributed by atoms with Crippen molar-refractivity contribution in [1.29, 1.82) is 0 Å². The first-order valence-corrected chi connectivity index (χ1v) is 13.7. The van der Waals surface area contributed by atoms with Crippen molar-refractivity contribution in [2.45, 2.75) is 55.9 Å². The van der Waals surface area contributed by atoms with E-state index in [4.69, 9.17) is 19.9 Å². The molecule has 2 aliphatic rings. The molecular weight excluding hydrogens is 494 g/mol. The smallest absolute Gasteiger partial charge is 0.243 e. The van der Waals surface area contributed by atoms with Gasteiger partial charge in [0.25, 0.3) is 0 Å². The molecule has 0 radical (unpaired) electrons. The molecule has 11 heteroatoms. The molecule has 10 nitrogen and oxygen atoms in total. The maximum absolute atomic E-state index is 13.7. The number of ether oxygens (including phenoxy) is 3. The highest BCUT2D eigenvalue weighted by atomic mass is 32.2. The molecule has 0 aliphatic carbocycles. The van der Waals surface area contributed by atoms with Gasteiger partial charge in [0.15, 0.2) is 11.6 Å². The first kappa shape index (κ1) is 24.3. The lowest BCUT2D eigenvalue weighted by Crippen LogP contribution is -2.42. The van der Waals surface area contributed by atoms with Gasteiger partial charge in [0.2, 0.25) is 10.0 Å². The van der Waals surface area contributed by atoms with Crippen LogP contribution in [0.15, 0.2) is 65.8 Å². The third-order valence-electron chi connectivity index (χ3n) is 7.05. The number of nitrogens with two attached hydrogens (primary N) is 1. The zero-order valence-corrected chi connectivity index (χ0v) is 21.6. The summed E-state index contributed by atoms with van der Waals surface area (Å²) in [7, 11) is -3.78. The Bertz CT molecular complexity index is 1590. The second kappa shape index (κ2) is 8.74. The first-order chi connectivity index (χ1) is 17.7. The van der Waals surface area contributed by atoms with Crippen LogP contribution in [0.25, 0.3) is 16.3 Å². The summed E-state index contributed by atoms with van der Waals surface area (Å²) in [4.78, 5) is 4.30. The molecule has 2 aromatic carbocycles. The summed E-state index contributed by atoms with van der Waals surface area (Å²) in [5, 5.41) is 6.20. The highest BCUT2D eigenvalue weighted by molar-refractivity contribution is 7.89. The average molecular weight is 524 g/mol. The minimum atomic E-state index is -3.78. The van der Waals surface area contributed by atoms with Gasteiger partial charge in [-0.25, -0.2) is 17.9 Å². The van der Waals surface area contributed by atoms with E-state index in [2.05, 4.69) is 10.1 Å². The Hall–Kier alpha value is -3.09. The van der Waals surface area contributed by atoms with Crippen LogP contribution in [-0.2, 0) is 24.2 Å². The van der Waals surface area contributed by atoms with E-state index in [1.165, 1.54) is 10.6 Å². The minimum absolute atomic E-state index is 0.114. The second-order valence-corrected chi connectivity index (χ2v) is 11.8. The molecule has 0 spiro atoms. The summed E-state index contributed by atoms with van der Waals surface area (Å²) >= 11 is 0. The van der Waals surface area contributed by atoms with E-state index in [0.717, 1.165) is 16.5 Å². The fourth-order valence-electron chi connectivity index (χ4n) is 5.33. The summed E-state index contributed by atoms with van der Waals surface area (Å²) in [6, 6.07) is 16.6. The van der Waals surface area contributed by atoms with Gasteiger partial charge in [0.05, 0.1) is 10.6 Å². The van der Waals surface area contributed by atoms with E-state index in [1.807, 2.05) is 63.2 Å². The number of nitrogens with zero attached hydrogens (tertiary/aromatic N) is 4. The molecule has 6 rings (SSSR count). The van der Waals surface area contributed by atoms with Gasteiger partial charge in [0.1, 0.15) is 36.3 Å². The lowest BCUT2D eigenvalue weighted by molar-refractivity contribution is -0.188. The molecule has 4 aromatic rings. The Morgan fingerprint density at radius 3 is 2.59 bits per heavy atom. The third-order valence-corrected chi connectivity index (χ3v) is 8.98. The highest BCUT2D eigenvalue weighted by Gasteiger charge is 2.56. The Morgan fingerprint density at radius 2 is 1.81 bits per heavy atom. The van der Waals surface area contributed by atoms with Crippen LogP contribution in [0.3, 0.4) is 0 Å². The van der Waals surface area contributed by atoms with Crippen molar-refractivity contribution in [3.05, 3.63) is 66.6 Å². The SMILES string of the molecule is CCN(C[C@H]1O[C@@H](c2ccc3c(N)ncnn23)[C@@H]2OC(C)(C)O[C@@H]21)S(=O)(=O)c1ccc2ccccc2c1. The molecule has 0 bridgehead atoms. The minimum Gasteiger partial charge on any atom is -0.382 e. The molecule has 0 amide bonds. The Labute approximate surface area is 215 Å². The summed E-state index contributed by atoms with van der Waals surface area (Å²) in [6.45, 7) is 5.90. The molecule has 37 heavy (non-hydrogen) atoms. The molecule has 2 saturated heterocycles. The molecule has 2 N–H and O–H groups in total. The van der Waals surface area contributed by atoms with Gasteiger partial charge >= 0.3 is 0 Å². The number of likely N-dealkylation sites (N-methyl/N-ethyl adjacent to an activating group) is 1. The van der Waals surface area contributed by atoms with Crippen LogP contribution < -0.4 is 5.73 Å². The molecule has 4 heterocycles. The van der Waals surface area contributed by atoms with Gasteiger partial charge in [-0.05, 0) is 48.9 Å². The first-order valence-electron chi connectivity index (χ1n) is 12.3. The van der Waals surface area contributed by atoms with Crippen LogP contribution in [0.1, 0.15) is 32.6 Å².